The number of hydrogen-bond acceptors (Lipinski definition) is 2. The minimum Gasteiger partial charge on any atom is -0.480 e. The number of nitrogens with one attached hydrogen (secondary N) is 1. The lowest BCUT2D eigenvalue weighted by Gasteiger charge is -2.10. The molecule has 1 heterocycles. The van der Waals surface area contributed by atoms with E-state index in [-0.39, 0.29) is 18.1 Å². The molecule has 1 aromatic heterocycles. The van der Waals surface area contributed by atoms with E-state index in [9.17, 15) is 9.59 Å². The Hall–Kier alpha value is -2.27. The molecule has 0 fully saturated rings. The summed E-state index contributed by atoms with van der Waals surface area (Å²) < 4.78 is 1.37. The molecule has 0 radical (unpaired) electrons. The number of anilines is 1. The van der Waals surface area contributed by atoms with Gasteiger partial charge < -0.3 is 15.0 Å². The third-order valence-electron chi connectivity index (χ3n) is 2.82. The summed E-state index contributed by atoms with van der Waals surface area (Å²) in [5.41, 5.74) is 1.76. The SMILES string of the molecule is Cc1ccc(Cl)cc1NC(=O)c1cccn1CC(=O)O. The second kappa shape index (κ2) is 5.79. The van der Waals surface area contributed by atoms with E-state index in [0.717, 1.165) is 5.56 Å². The number of carboxylic acids is 1. The van der Waals surface area contributed by atoms with Crippen molar-refractivity contribution < 1.29 is 14.7 Å². The molecule has 0 bridgehead atoms. The monoisotopic (exact) mass is 292 g/mol. The predicted octanol–water partition coefficient (Wildman–Crippen LogP) is 2.79. The maximum absolute atomic E-state index is 12.2. The van der Waals surface area contributed by atoms with Crippen molar-refractivity contribution in [2.75, 3.05) is 5.32 Å². The summed E-state index contributed by atoms with van der Waals surface area (Å²) in [6.07, 6.45) is 1.55. The van der Waals surface area contributed by atoms with Crippen molar-refractivity contribution >= 4 is 29.2 Å². The lowest BCUT2D eigenvalue weighted by molar-refractivity contribution is -0.137. The van der Waals surface area contributed by atoms with Crippen LogP contribution in [0.1, 0.15) is 16.1 Å². The Kier molecular flexibility index (Phi) is 4.10. The van der Waals surface area contributed by atoms with Gasteiger partial charge in [0.1, 0.15) is 12.2 Å². The van der Waals surface area contributed by atoms with Gasteiger partial charge in [-0.1, -0.05) is 17.7 Å². The van der Waals surface area contributed by atoms with Gasteiger partial charge in [-0.2, -0.15) is 0 Å². The smallest absolute Gasteiger partial charge is 0.323 e. The molecule has 0 aliphatic rings. The number of carboxylic acid groups (broad SMARTS) is 1. The minimum absolute atomic E-state index is 0.260. The van der Waals surface area contributed by atoms with Crippen LogP contribution in [0.15, 0.2) is 36.5 Å². The molecular formula is C14H13ClN2O3. The van der Waals surface area contributed by atoms with Gasteiger partial charge in [0.2, 0.25) is 0 Å². The largest absolute Gasteiger partial charge is 0.480 e. The first-order chi connectivity index (χ1) is 9.47. The first-order valence-electron chi connectivity index (χ1n) is 5.92. The van der Waals surface area contributed by atoms with Crippen molar-refractivity contribution in [3.05, 3.63) is 52.8 Å². The molecule has 0 unspecified atom stereocenters. The Morgan fingerprint density at radius 3 is 2.80 bits per heavy atom. The van der Waals surface area contributed by atoms with Gasteiger partial charge in [0, 0.05) is 16.9 Å². The van der Waals surface area contributed by atoms with Crippen molar-refractivity contribution in [3.8, 4) is 0 Å². The molecule has 2 rings (SSSR count). The molecule has 104 valence electrons. The van der Waals surface area contributed by atoms with Crippen LogP contribution in [0.5, 0.6) is 0 Å². The van der Waals surface area contributed by atoms with Crippen molar-refractivity contribution in [3.63, 3.8) is 0 Å². The Morgan fingerprint density at radius 2 is 2.10 bits per heavy atom. The average molecular weight is 293 g/mol. The number of carbonyl (C=O) groups excluding carboxylic acids is 1. The molecular weight excluding hydrogens is 280 g/mol. The lowest BCUT2D eigenvalue weighted by atomic mass is 10.2. The first-order valence-corrected chi connectivity index (χ1v) is 6.29. The molecule has 20 heavy (non-hydrogen) atoms. The second-order valence-electron chi connectivity index (χ2n) is 4.33. The summed E-state index contributed by atoms with van der Waals surface area (Å²) in [5.74, 6) is -1.38. The lowest BCUT2D eigenvalue weighted by Crippen LogP contribution is -2.19. The Bertz CT molecular complexity index is 664. The van der Waals surface area contributed by atoms with Crippen LogP contribution in [0.3, 0.4) is 0 Å². The number of halogens is 1. The van der Waals surface area contributed by atoms with E-state index in [1.165, 1.54) is 4.57 Å². The Balaban J connectivity index is 2.22. The maximum Gasteiger partial charge on any atom is 0.323 e. The molecule has 6 heteroatoms. The highest BCUT2D eigenvalue weighted by Crippen LogP contribution is 2.21. The molecule has 0 aliphatic carbocycles. The molecule has 1 aromatic carbocycles. The fraction of sp³-hybridized carbons (Fsp3) is 0.143. The maximum atomic E-state index is 12.2. The molecule has 0 atom stereocenters. The van der Waals surface area contributed by atoms with E-state index >= 15 is 0 Å². The van der Waals surface area contributed by atoms with Gasteiger partial charge >= 0.3 is 5.97 Å². The molecule has 2 N–H and O–H groups in total. The van der Waals surface area contributed by atoms with Crippen LogP contribution in [0.4, 0.5) is 5.69 Å². The summed E-state index contributed by atoms with van der Waals surface area (Å²) >= 11 is 5.89. The summed E-state index contributed by atoms with van der Waals surface area (Å²) in [4.78, 5) is 22.9. The zero-order valence-electron chi connectivity index (χ0n) is 10.8. The fourth-order valence-corrected chi connectivity index (χ4v) is 1.99. The predicted molar refractivity (Wildman–Crippen MR) is 76.2 cm³/mol. The van der Waals surface area contributed by atoms with Gasteiger partial charge in [-0.25, -0.2) is 0 Å². The summed E-state index contributed by atoms with van der Waals surface area (Å²) in [5, 5.41) is 12.0. The summed E-state index contributed by atoms with van der Waals surface area (Å²) in [6.45, 7) is 1.59. The van der Waals surface area contributed by atoms with E-state index in [4.69, 9.17) is 16.7 Å². The highest BCUT2D eigenvalue weighted by atomic mass is 35.5. The van der Waals surface area contributed by atoms with Gasteiger partial charge in [0.25, 0.3) is 5.91 Å². The molecule has 5 nitrogen and oxygen atoms in total. The first kappa shape index (κ1) is 14.1. The number of hydrogen-bond donors (Lipinski definition) is 2. The number of nitrogens with zero attached hydrogens (tertiary/aromatic N) is 1. The van der Waals surface area contributed by atoms with E-state index in [1.54, 1.807) is 36.5 Å². The Labute approximate surface area is 120 Å². The normalized spacial score (nSPS) is 10.3. The number of aryl methyl sites for hydroxylation is 1. The summed E-state index contributed by atoms with van der Waals surface area (Å²) in [7, 11) is 0. The topological polar surface area (TPSA) is 71.3 Å². The third-order valence-corrected chi connectivity index (χ3v) is 3.05. The molecule has 2 aromatic rings. The number of aliphatic carboxylic acids is 1. The highest BCUT2D eigenvalue weighted by molar-refractivity contribution is 6.31. The number of benzene rings is 1. The van der Waals surface area contributed by atoms with Crippen LogP contribution in [0, 0.1) is 6.92 Å². The van der Waals surface area contributed by atoms with Crippen LogP contribution < -0.4 is 5.32 Å². The zero-order valence-corrected chi connectivity index (χ0v) is 11.5. The molecule has 1 amide bonds. The van der Waals surface area contributed by atoms with E-state index in [0.29, 0.717) is 10.7 Å². The van der Waals surface area contributed by atoms with Crippen molar-refractivity contribution in [1.29, 1.82) is 0 Å². The van der Waals surface area contributed by atoms with Crippen LogP contribution in [-0.2, 0) is 11.3 Å². The second-order valence-corrected chi connectivity index (χ2v) is 4.76. The molecule has 0 aliphatic heterocycles. The van der Waals surface area contributed by atoms with Crippen molar-refractivity contribution in [2.45, 2.75) is 13.5 Å². The van der Waals surface area contributed by atoms with E-state index in [2.05, 4.69) is 5.32 Å². The highest BCUT2D eigenvalue weighted by Gasteiger charge is 2.13. The van der Waals surface area contributed by atoms with Gasteiger partial charge in [-0.3, -0.25) is 9.59 Å². The number of aromatic nitrogens is 1. The van der Waals surface area contributed by atoms with Gasteiger partial charge in [0.15, 0.2) is 0 Å². The number of carbonyl (C=O) groups is 2. The molecule has 0 spiro atoms. The van der Waals surface area contributed by atoms with Gasteiger partial charge in [-0.15, -0.1) is 0 Å². The van der Waals surface area contributed by atoms with Crippen LogP contribution in [-0.4, -0.2) is 21.6 Å². The number of rotatable bonds is 4. The zero-order chi connectivity index (χ0) is 14.7. The quantitative estimate of drug-likeness (QED) is 0.910. The van der Waals surface area contributed by atoms with E-state index < -0.39 is 5.97 Å². The molecule has 0 saturated carbocycles. The van der Waals surface area contributed by atoms with Gasteiger partial charge in [-0.05, 0) is 36.8 Å². The minimum atomic E-state index is -1.01. The van der Waals surface area contributed by atoms with Crippen molar-refractivity contribution in [1.82, 2.24) is 4.57 Å². The fourth-order valence-electron chi connectivity index (χ4n) is 1.82. The van der Waals surface area contributed by atoms with Gasteiger partial charge in [0.05, 0.1) is 0 Å². The Morgan fingerprint density at radius 1 is 1.35 bits per heavy atom. The molecule has 0 saturated heterocycles. The average Bonchev–Trinajstić information content (AvgIpc) is 2.81. The third kappa shape index (κ3) is 3.19. The van der Waals surface area contributed by atoms with E-state index in [1.807, 2.05) is 6.92 Å². The van der Waals surface area contributed by atoms with Crippen LogP contribution in [0.2, 0.25) is 5.02 Å². The van der Waals surface area contributed by atoms with Crippen LogP contribution in [0.25, 0.3) is 0 Å². The van der Waals surface area contributed by atoms with Crippen molar-refractivity contribution in [2.24, 2.45) is 0 Å². The number of amides is 1. The van der Waals surface area contributed by atoms with Crippen LogP contribution >= 0.6 is 11.6 Å². The summed E-state index contributed by atoms with van der Waals surface area (Å²) in [6, 6.07) is 8.38. The standard InChI is InChI=1S/C14H13ClN2O3/c1-9-4-5-10(15)7-11(9)16-14(20)12-3-2-6-17(12)8-13(18)19/h2-7H,8H2,1H3,(H,16,20)(H,18,19).